The first-order valence-electron chi connectivity index (χ1n) is 8.89. The van der Waals surface area contributed by atoms with E-state index < -0.39 is 5.97 Å². The second-order valence-electron chi connectivity index (χ2n) is 5.35. The third kappa shape index (κ3) is 19.9. The van der Waals surface area contributed by atoms with E-state index in [1.165, 1.54) is 0 Å². The zero-order valence-corrected chi connectivity index (χ0v) is 14.9. The SMILES string of the molecule is CC/C=C/C/C=C/C/C=C/C/C=C\C/C=C\C/C=C/CCC(=O)O. The van der Waals surface area contributed by atoms with Gasteiger partial charge in [-0.1, -0.05) is 79.8 Å². The third-order valence-corrected chi connectivity index (χ3v) is 3.12. The molecule has 0 aromatic heterocycles. The van der Waals surface area contributed by atoms with Gasteiger partial charge in [0.25, 0.3) is 0 Å². The Morgan fingerprint density at radius 3 is 1.29 bits per heavy atom. The van der Waals surface area contributed by atoms with Gasteiger partial charge in [-0.3, -0.25) is 4.79 Å². The molecule has 0 aromatic rings. The molecule has 0 radical (unpaired) electrons. The number of hydrogen-bond acceptors (Lipinski definition) is 1. The summed E-state index contributed by atoms with van der Waals surface area (Å²) < 4.78 is 0. The molecule has 0 aromatic carbocycles. The van der Waals surface area contributed by atoms with Crippen LogP contribution < -0.4 is 0 Å². The smallest absolute Gasteiger partial charge is 0.303 e. The minimum Gasteiger partial charge on any atom is -0.481 e. The summed E-state index contributed by atoms with van der Waals surface area (Å²) >= 11 is 0. The maximum absolute atomic E-state index is 10.3. The first-order valence-corrected chi connectivity index (χ1v) is 8.89. The zero-order valence-electron chi connectivity index (χ0n) is 14.9. The summed E-state index contributed by atoms with van der Waals surface area (Å²) in [6.07, 6.45) is 32.5. The number of allylic oxidation sites excluding steroid dienone is 12. The molecule has 0 rings (SSSR count). The zero-order chi connectivity index (χ0) is 17.7. The topological polar surface area (TPSA) is 37.3 Å². The van der Waals surface area contributed by atoms with Crippen LogP contribution in [0.3, 0.4) is 0 Å². The second kappa shape index (κ2) is 19.0. The van der Waals surface area contributed by atoms with Gasteiger partial charge in [-0.05, 0) is 44.9 Å². The van der Waals surface area contributed by atoms with Gasteiger partial charge < -0.3 is 5.11 Å². The molecule has 0 aliphatic heterocycles. The predicted octanol–water partition coefficient (Wildman–Crippen LogP) is 6.55. The summed E-state index contributed by atoms with van der Waals surface area (Å²) in [5.41, 5.74) is 0. The van der Waals surface area contributed by atoms with E-state index in [2.05, 4.69) is 67.7 Å². The molecule has 0 fully saturated rings. The van der Waals surface area contributed by atoms with Crippen molar-refractivity contribution in [1.29, 1.82) is 0 Å². The van der Waals surface area contributed by atoms with Crippen molar-refractivity contribution in [3.05, 3.63) is 72.9 Å². The predicted molar refractivity (Wildman–Crippen MR) is 105 cm³/mol. The lowest BCUT2D eigenvalue weighted by atomic mass is 10.2. The van der Waals surface area contributed by atoms with Gasteiger partial charge in [0.05, 0.1) is 0 Å². The highest BCUT2D eigenvalue weighted by molar-refractivity contribution is 5.66. The molecule has 0 atom stereocenters. The fraction of sp³-hybridized carbons (Fsp3) is 0.409. The maximum atomic E-state index is 10.3. The van der Waals surface area contributed by atoms with Crippen LogP contribution in [0.1, 0.15) is 58.3 Å². The molecular weight excluding hydrogens is 296 g/mol. The number of aliphatic carboxylic acids is 1. The highest BCUT2D eigenvalue weighted by Gasteiger charge is 1.90. The van der Waals surface area contributed by atoms with Gasteiger partial charge in [-0.15, -0.1) is 0 Å². The molecule has 0 unspecified atom stereocenters. The van der Waals surface area contributed by atoms with Gasteiger partial charge in [0, 0.05) is 6.42 Å². The van der Waals surface area contributed by atoms with Crippen LogP contribution in [0.2, 0.25) is 0 Å². The molecule has 0 heterocycles. The van der Waals surface area contributed by atoms with E-state index in [1.807, 2.05) is 12.2 Å². The van der Waals surface area contributed by atoms with Crippen molar-refractivity contribution in [3.63, 3.8) is 0 Å². The molecular formula is C22H32O2. The average Bonchev–Trinajstić information content (AvgIpc) is 2.56. The minimum atomic E-state index is -0.741. The summed E-state index contributed by atoms with van der Waals surface area (Å²) in [4.78, 5) is 10.3. The lowest BCUT2D eigenvalue weighted by Crippen LogP contribution is -1.91. The van der Waals surface area contributed by atoms with E-state index in [4.69, 9.17) is 5.11 Å². The summed E-state index contributed by atoms with van der Waals surface area (Å²) in [5.74, 6) is -0.741. The van der Waals surface area contributed by atoms with Crippen molar-refractivity contribution in [2.24, 2.45) is 0 Å². The lowest BCUT2D eigenvalue weighted by molar-refractivity contribution is -0.136. The van der Waals surface area contributed by atoms with Crippen molar-refractivity contribution in [3.8, 4) is 0 Å². The van der Waals surface area contributed by atoms with Gasteiger partial charge >= 0.3 is 5.97 Å². The second-order valence-corrected chi connectivity index (χ2v) is 5.35. The van der Waals surface area contributed by atoms with Crippen LogP contribution in [0.5, 0.6) is 0 Å². The molecule has 0 saturated heterocycles. The van der Waals surface area contributed by atoms with E-state index in [9.17, 15) is 4.79 Å². The lowest BCUT2D eigenvalue weighted by Gasteiger charge is -1.87. The quantitative estimate of drug-likeness (QED) is 0.367. The maximum Gasteiger partial charge on any atom is 0.303 e. The Bertz CT molecular complexity index is 462. The molecule has 2 nitrogen and oxygen atoms in total. The van der Waals surface area contributed by atoms with Crippen LogP contribution in [0.15, 0.2) is 72.9 Å². The first kappa shape index (κ1) is 21.9. The summed E-state index contributed by atoms with van der Waals surface area (Å²) in [5, 5.41) is 8.49. The summed E-state index contributed by atoms with van der Waals surface area (Å²) in [6, 6.07) is 0. The molecule has 1 N–H and O–H groups in total. The monoisotopic (exact) mass is 328 g/mol. The number of carboxylic acids is 1. The molecule has 24 heavy (non-hydrogen) atoms. The molecule has 132 valence electrons. The molecule has 2 heteroatoms. The molecule has 0 aliphatic carbocycles. The molecule has 0 aliphatic rings. The third-order valence-electron chi connectivity index (χ3n) is 3.12. The molecule has 0 saturated carbocycles. The van der Waals surface area contributed by atoms with Crippen LogP contribution in [-0.2, 0) is 4.79 Å². The highest BCUT2D eigenvalue weighted by Crippen LogP contribution is 1.97. The number of carboxylic acid groups (broad SMARTS) is 1. The fourth-order valence-corrected chi connectivity index (χ4v) is 1.85. The van der Waals surface area contributed by atoms with Gasteiger partial charge in [0.2, 0.25) is 0 Å². The van der Waals surface area contributed by atoms with E-state index in [0.29, 0.717) is 6.42 Å². The van der Waals surface area contributed by atoms with Crippen molar-refractivity contribution in [2.45, 2.75) is 58.3 Å². The van der Waals surface area contributed by atoms with Gasteiger partial charge in [-0.25, -0.2) is 0 Å². The van der Waals surface area contributed by atoms with Crippen molar-refractivity contribution >= 4 is 5.97 Å². The van der Waals surface area contributed by atoms with E-state index in [1.54, 1.807) is 0 Å². The first-order chi connectivity index (χ1) is 11.8. The van der Waals surface area contributed by atoms with Crippen LogP contribution >= 0.6 is 0 Å². The van der Waals surface area contributed by atoms with E-state index >= 15 is 0 Å². The largest absolute Gasteiger partial charge is 0.481 e. The van der Waals surface area contributed by atoms with Crippen LogP contribution in [0, 0.1) is 0 Å². The number of carbonyl (C=O) groups is 1. The van der Waals surface area contributed by atoms with Gasteiger partial charge in [0.1, 0.15) is 0 Å². The van der Waals surface area contributed by atoms with E-state index in [-0.39, 0.29) is 6.42 Å². The van der Waals surface area contributed by atoms with Crippen LogP contribution in [0.25, 0.3) is 0 Å². The highest BCUT2D eigenvalue weighted by atomic mass is 16.4. The Morgan fingerprint density at radius 1 is 0.625 bits per heavy atom. The Balaban J connectivity index is 3.51. The van der Waals surface area contributed by atoms with Gasteiger partial charge in [-0.2, -0.15) is 0 Å². The van der Waals surface area contributed by atoms with Gasteiger partial charge in [0.15, 0.2) is 0 Å². The molecule has 0 bridgehead atoms. The Labute approximate surface area is 147 Å². The number of rotatable bonds is 14. The molecule has 0 spiro atoms. The summed E-state index contributed by atoms with van der Waals surface area (Å²) in [7, 11) is 0. The van der Waals surface area contributed by atoms with Crippen LogP contribution in [0.4, 0.5) is 0 Å². The Kier molecular flexibility index (Phi) is 17.3. The standard InChI is InChI=1S/C22H32O2/c1-2-3-4-5-6-7-8-9-10-11-12-13-14-15-16-17-18-19-20-21-22(23)24/h3-4,6-7,9-10,12-13,15-16,18-19H,2,5,8,11,14,17,20-21H2,1H3,(H,23,24)/b4-3+,7-6+,10-9+,13-12-,16-15-,19-18+. The van der Waals surface area contributed by atoms with Crippen molar-refractivity contribution in [2.75, 3.05) is 0 Å². The Morgan fingerprint density at radius 2 is 0.958 bits per heavy atom. The normalized spacial score (nSPS) is 13.0. The van der Waals surface area contributed by atoms with Crippen molar-refractivity contribution < 1.29 is 9.90 Å². The minimum absolute atomic E-state index is 0.210. The Hall–Kier alpha value is -2.09. The average molecular weight is 328 g/mol. The summed E-state index contributed by atoms with van der Waals surface area (Å²) in [6.45, 7) is 2.15. The molecule has 0 amide bonds. The van der Waals surface area contributed by atoms with Crippen molar-refractivity contribution in [1.82, 2.24) is 0 Å². The fourth-order valence-electron chi connectivity index (χ4n) is 1.85. The van der Waals surface area contributed by atoms with E-state index in [0.717, 1.165) is 38.5 Å². The number of hydrogen-bond donors (Lipinski definition) is 1. The van der Waals surface area contributed by atoms with Crippen LogP contribution in [-0.4, -0.2) is 11.1 Å².